The number of Topliss-reactive ketones (excluding diaryl/α,β-unsaturated/α-hetero) is 1. The van der Waals surface area contributed by atoms with Crippen LogP contribution in [0, 0.1) is 0 Å². The molecule has 0 aliphatic carbocycles. The molecule has 1 saturated heterocycles. The highest BCUT2D eigenvalue weighted by Crippen LogP contribution is 2.31. The van der Waals surface area contributed by atoms with Crippen LogP contribution in [-0.4, -0.2) is 22.5 Å². The van der Waals surface area contributed by atoms with E-state index in [9.17, 15) is 14.4 Å². The van der Waals surface area contributed by atoms with Crippen molar-refractivity contribution in [3.63, 3.8) is 0 Å². The zero-order valence-electron chi connectivity index (χ0n) is 12.9. The third-order valence-corrected chi connectivity index (χ3v) is 4.38. The van der Waals surface area contributed by atoms with Gasteiger partial charge in [-0.1, -0.05) is 41.9 Å². The predicted molar refractivity (Wildman–Crippen MR) is 90.7 cm³/mol. The lowest BCUT2D eigenvalue weighted by molar-refractivity contribution is -0.141. The van der Waals surface area contributed by atoms with E-state index in [2.05, 4.69) is 0 Å². The number of ketones is 1. The Balaban J connectivity index is 1.90. The molecule has 1 heterocycles. The van der Waals surface area contributed by atoms with E-state index in [4.69, 9.17) is 11.6 Å². The first-order valence-corrected chi connectivity index (χ1v) is 8.12. The summed E-state index contributed by atoms with van der Waals surface area (Å²) in [5.41, 5.74) is 1.29. The first-order valence-electron chi connectivity index (χ1n) is 7.75. The van der Waals surface area contributed by atoms with Crippen molar-refractivity contribution in [1.82, 2.24) is 4.90 Å². The average Bonchev–Trinajstić information content (AvgIpc) is 2.93. The van der Waals surface area contributed by atoms with Gasteiger partial charge in [-0.25, -0.2) is 0 Å². The van der Waals surface area contributed by atoms with Gasteiger partial charge in [-0.2, -0.15) is 0 Å². The summed E-state index contributed by atoms with van der Waals surface area (Å²) in [4.78, 5) is 38.1. The van der Waals surface area contributed by atoms with Gasteiger partial charge in [0.05, 0.1) is 6.04 Å². The van der Waals surface area contributed by atoms with E-state index in [0.29, 0.717) is 10.6 Å². The van der Waals surface area contributed by atoms with Crippen LogP contribution in [0.5, 0.6) is 0 Å². The summed E-state index contributed by atoms with van der Waals surface area (Å²) < 4.78 is 0. The number of carbonyl (C=O) groups excluding carboxylic acids is 3. The molecule has 24 heavy (non-hydrogen) atoms. The zero-order valence-corrected chi connectivity index (χ0v) is 13.7. The van der Waals surface area contributed by atoms with Crippen LogP contribution in [0.3, 0.4) is 0 Å². The first kappa shape index (κ1) is 16.4. The Hall–Kier alpha value is -2.46. The third-order valence-electron chi connectivity index (χ3n) is 4.13. The molecule has 2 aromatic rings. The smallest absolute Gasteiger partial charge is 0.230 e. The Kier molecular flexibility index (Phi) is 4.76. The average molecular weight is 342 g/mol. The molecule has 0 spiro atoms. The van der Waals surface area contributed by atoms with Crippen LogP contribution in [0.4, 0.5) is 0 Å². The van der Waals surface area contributed by atoms with E-state index in [0.717, 1.165) is 5.56 Å². The van der Waals surface area contributed by atoms with E-state index >= 15 is 0 Å². The van der Waals surface area contributed by atoms with Gasteiger partial charge in [-0.15, -0.1) is 0 Å². The van der Waals surface area contributed by atoms with Crippen molar-refractivity contribution in [3.8, 4) is 0 Å². The summed E-state index contributed by atoms with van der Waals surface area (Å²) in [6.45, 7) is 0. The molecule has 0 saturated carbocycles. The summed E-state index contributed by atoms with van der Waals surface area (Å²) in [6.07, 6.45) is 0.470. The van der Waals surface area contributed by atoms with Gasteiger partial charge in [0.1, 0.15) is 0 Å². The molecule has 1 atom stereocenters. The van der Waals surface area contributed by atoms with Crippen molar-refractivity contribution >= 4 is 29.2 Å². The highest BCUT2D eigenvalue weighted by Gasteiger charge is 2.36. The second kappa shape index (κ2) is 6.97. The molecule has 1 aliphatic heterocycles. The Morgan fingerprint density at radius 3 is 2.12 bits per heavy atom. The standard InChI is InChI=1S/C19H16ClNO3/c20-15-8-6-14(7-9-15)17(22)12-16(13-4-2-1-3-5-13)21-18(23)10-11-19(21)24/h1-9,16H,10-12H2/t16-/m0/s1. The van der Waals surface area contributed by atoms with E-state index < -0.39 is 6.04 Å². The second-order valence-electron chi connectivity index (χ2n) is 5.72. The number of benzene rings is 2. The minimum absolute atomic E-state index is 0.0587. The largest absolute Gasteiger partial charge is 0.294 e. The number of rotatable bonds is 5. The molecule has 0 radical (unpaired) electrons. The van der Waals surface area contributed by atoms with E-state index in [1.807, 2.05) is 30.3 Å². The first-order chi connectivity index (χ1) is 11.6. The minimum atomic E-state index is -0.572. The van der Waals surface area contributed by atoms with Crippen LogP contribution in [0.25, 0.3) is 0 Å². The van der Waals surface area contributed by atoms with Crippen LogP contribution in [0.15, 0.2) is 54.6 Å². The van der Waals surface area contributed by atoms with Gasteiger partial charge < -0.3 is 0 Å². The number of hydrogen-bond donors (Lipinski definition) is 0. The quantitative estimate of drug-likeness (QED) is 0.614. The molecular formula is C19H16ClNO3. The van der Waals surface area contributed by atoms with Crippen molar-refractivity contribution in [2.75, 3.05) is 0 Å². The van der Waals surface area contributed by atoms with Crippen molar-refractivity contribution in [1.29, 1.82) is 0 Å². The van der Waals surface area contributed by atoms with Gasteiger partial charge in [0, 0.05) is 29.8 Å². The SMILES string of the molecule is O=C(C[C@@H](c1ccccc1)N1C(=O)CCC1=O)c1ccc(Cl)cc1. The number of amides is 2. The lowest BCUT2D eigenvalue weighted by Crippen LogP contribution is -2.34. The van der Waals surface area contributed by atoms with Gasteiger partial charge in [0.25, 0.3) is 0 Å². The molecule has 1 aliphatic rings. The molecule has 0 aromatic heterocycles. The van der Waals surface area contributed by atoms with Crippen molar-refractivity contribution in [2.45, 2.75) is 25.3 Å². The maximum absolute atomic E-state index is 12.6. The van der Waals surface area contributed by atoms with Gasteiger partial charge in [0.2, 0.25) is 11.8 Å². The topological polar surface area (TPSA) is 54.5 Å². The number of hydrogen-bond acceptors (Lipinski definition) is 3. The Labute approximate surface area is 145 Å². The number of carbonyl (C=O) groups is 3. The fourth-order valence-electron chi connectivity index (χ4n) is 2.90. The van der Waals surface area contributed by atoms with Gasteiger partial charge in [0.15, 0.2) is 5.78 Å². The second-order valence-corrected chi connectivity index (χ2v) is 6.15. The molecule has 2 aromatic carbocycles. The summed E-state index contributed by atoms with van der Waals surface area (Å²) in [5, 5.41) is 0.552. The summed E-state index contributed by atoms with van der Waals surface area (Å²) in [6, 6.07) is 15.2. The molecule has 0 unspecified atom stereocenters. The zero-order chi connectivity index (χ0) is 17.1. The van der Waals surface area contributed by atoms with Crippen LogP contribution in [-0.2, 0) is 9.59 Å². The lowest BCUT2D eigenvalue weighted by Gasteiger charge is -2.26. The Morgan fingerprint density at radius 1 is 0.958 bits per heavy atom. The van der Waals surface area contributed by atoms with Gasteiger partial charge in [-0.05, 0) is 29.8 Å². The van der Waals surface area contributed by atoms with Gasteiger partial charge >= 0.3 is 0 Å². The van der Waals surface area contributed by atoms with Crippen LogP contribution in [0.1, 0.15) is 41.2 Å². The number of imide groups is 1. The molecule has 3 rings (SSSR count). The maximum Gasteiger partial charge on any atom is 0.230 e. The molecule has 0 bridgehead atoms. The number of halogens is 1. The summed E-state index contributed by atoms with van der Waals surface area (Å²) in [7, 11) is 0. The van der Waals surface area contributed by atoms with E-state index in [1.165, 1.54) is 4.90 Å². The molecule has 1 fully saturated rings. The fourth-order valence-corrected chi connectivity index (χ4v) is 3.03. The predicted octanol–water partition coefficient (Wildman–Crippen LogP) is 3.80. The van der Waals surface area contributed by atoms with Crippen LogP contribution in [0.2, 0.25) is 5.02 Å². The Bertz CT molecular complexity index is 755. The molecule has 2 amide bonds. The summed E-state index contributed by atoms with van der Waals surface area (Å²) in [5.74, 6) is -0.580. The number of likely N-dealkylation sites (tertiary alicyclic amines) is 1. The highest BCUT2D eigenvalue weighted by molar-refractivity contribution is 6.30. The minimum Gasteiger partial charge on any atom is -0.294 e. The van der Waals surface area contributed by atoms with Gasteiger partial charge in [-0.3, -0.25) is 19.3 Å². The molecular weight excluding hydrogens is 326 g/mol. The van der Waals surface area contributed by atoms with Crippen molar-refractivity contribution in [2.24, 2.45) is 0 Å². The maximum atomic E-state index is 12.6. The van der Waals surface area contributed by atoms with Crippen LogP contribution >= 0.6 is 11.6 Å². The molecule has 5 heteroatoms. The molecule has 4 nitrogen and oxygen atoms in total. The monoisotopic (exact) mass is 341 g/mol. The van der Waals surface area contributed by atoms with Crippen molar-refractivity contribution < 1.29 is 14.4 Å². The normalized spacial score (nSPS) is 15.6. The summed E-state index contributed by atoms with van der Waals surface area (Å²) >= 11 is 5.85. The van der Waals surface area contributed by atoms with E-state index in [-0.39, 0.29) is 36.9 Å². The van der Waals surface area contributed by atoms with Crippen LogP contribution < -0.4 is 0 Å². The molecule has 0 N–H and O–H groups in total. The Morgan fingerprint density at radius 2 is 1.54 bits per heavy atom. The molecule has 122 valence electrons. The van der Waals surface area contributed by atoms with Crippen molar-refractivity contribution in [3.05, 3.63) is 70.7 Å². The number of nitrogens with zero attached hydrogens (tertiary/aromatic N) is 1. The fraction of sp³-hybridized carbons (Fsp3) is 0.211. The lowest BCUT2D eigenvalue weighted by atomic mass is 9.96. The highest BCUT2D eigenvalue weighted by atomic mass is 35.5. The van der Waals surface area contributed by atoms with E-state index in [1.54, 1.807) is 24.3 Å². The third kappa shape index (κ3) is 3.39.